The third-order valence-electron chi connectivity index (χ3n) is 28.5. The lowest BCUT2D eigenvalue weighted by Gasteiger charge is -2.27. The number of H-pyrrole nitrogens is 1. The van der Waals surface area contributed by atoms with Crippen LogP contribution >= 0.6 is 23.1 Å². The Kier molecular flexibility index (Phi) is 36.0. The quantitative estimate of drug-likeness (QED) is 0.0284. The lowest BCUT2D eigenvalue weighted by atomic mass is 9.87. The predicted molar refractivity (Wildman–Crippen MR) is 511 cm³/mol. The Labute approximate surface area is 804 Å². The fourth-order valence-electron chi connectivity index (χ4n) is 19.9. The van der Waals surface area contributed by atoms with E-state index in [0.29, 0.717) is 91.5 Å². The van der Waals surface area contributed by atoms with Crippen LogP contribution in [0.4, 0.5) is 19.2 Å². The summed E-state index contributed by atoms with van der Waals surface area (Å²) in [5, 5.41) is 37.3. The molecule has 32 nitrogen and oxygen atoms in total. The van der Waals surface area contributed by atoms with Gasteiger partial charge in [-0.25, -0.2) is 39.1 Å². The van der Waals surface area contributed by atoms with E-state index in [0.717, 1.165) is 248 Å². The molecular formula is C102H135N11O21S2. The van der Waals surface area contributed by atoms with E-state index in [9.17, 15) is 58.8 Å². The van der Waals surface area contributed by atoms with E-state index < -0.39 is 23.9 Å². The minimum Gasteiger partial charge on any atom is -0.489 e. The molecule has 0 aliphatic heterocycles. The molecule has 8 atom stereocenters. The second kappa shape index (κ2) is 48.1. The molecule has 5 N–H and O–H groups in total. The summed E-state index contributed by atoms with van der Waals surface area (Å²) < 4.78 is 61.8. The summed E-state index contributed by atoms with van der Waals surface area (Å²) in [6.07, 6.45) is 31.1. The van der Waals surface area contributed by atoms with Crippen molar-refractivity contribution in [1.29, 1.82) is 0 Å². The summed E-state index contributed by atoms with van der Waals surface area (Å²) in [5.41, 5.74) is 13.5. The van der Waals surface area contributed by atoms with Gasteiger partial charge in [0.15, 0.2) is 0 Å². The number of carbonyl (C=O) groups excluding carboxylic acids is 4. The zero-order valence-electron chi connectivity index (χ0n) is 80.7. The minimum atomic E-state index is -0.753. The Morgan fingerprint density at radius 2 is 0.676 bits per heavy atom. The third kappa shape index (κ3) is 26.7. The number of hydrogen-bond donors (Lipinski definition) is 5. The van der Waals surface area contributed by atoms with Crippen molar-refractivity contribution in [3.05, 3.63) is 128 Å². The number of nitrogens with zero attached hydrogens (tertiary/aromatic N) is 10. The maximum absolute atomic E-state index is 12.6. The number of aliphatic carboxylic acids is 4. The number of pyridine rings is 4. The first-order valence-electron chi connectivity index (χ1n) is 48.5. The molecule has 8 saturated carbocycles. The smallest absolute Gasteiger partial charge is 0.410 e. The number of carboxylic acid groups (broad SMARTS) is 4. The number of nitrogens with one attached hydrogen (secondary N) is 1. The van der Waals surface area contributed by atoms with Crippen LogP contribution in [0.15, 0.2) is 65.4 Å². The summed E-state index contributed by atoms with van der Waals surface area (Å²) in [6, 6.07) is 16.1. The molecule has 8 aromatic rings. The van der Waals surface area contributed by atoms with E-state index >= 15 is 0 Å². The molecule has 8 aliphatic rings. The molecule has 8 aliphatic carbocycles. The minimum absolute atomic E-state index is 0.109. The van der Waals surface area contributed by atoms with Crippen LogP contribution in [0.2, 0.25) is 0 Å². The first-order chi connectivity index (χ1) is 65.3. The van der Waals surface area contributed by atoms with E-state index in [1.165, 1.54) is 23.1 Å². The highest BCUT2D eigenvalue weighted by Gasteiger charge is 2.37. The molecular weight excluding hydrogens is 1780 g/mol. The van der Waals surface area contributed by atoms with Crippen LogP contribution in [-0.4, -0.2) is 199 Å². The summed E-state index contributed by atoms with van der Waals surface area (Å²) in [4.78, 5) is 126. The van der Waals surface area contributed by atoms with Crippen LogP contribution in [0.3, 0.4) is 0 Å². The number of aryl methyl sites for hydroxylation is 8. The van der Waals surface area contributed by atoms with E-state index in [4.69, 9.17) is 62.2 Å². The number of furan rings is 1. The SMILES string of the molecule is Cc1nc(-c2c[nH]c(C)c2COC(=O)N(C)C2CCCC2)ccc1O[C@H]1CCC[C@H](C(=O)O)C1.Cc1nc(-c2coc(C)c2COC(=O)N(C)C2CCCC2)ccc1O[C@H]1CCC[C@H](C(=O)O)C1.Cc1nc(-c2nsc(C)c2COC(=O)N(C)C2CCCC2)ccc1O[C@H]1CCC[C@H](C(=O)O)C1.Cc1nc(-c2snc(C)c2COC(=O)N(C)C2CCCC2)ccc1O[C@H]1CCC[C@H](C(=O)O)C1. The number of ether oxygens (including phenoxy) is 8. The van der Waals surface area contributed by atoms with Crippen LogP contribution in [0, 0.1) is 79.1 Å². The lowest BCUT2D eigenvalue weighted by molar-refractivity contribution is -0.144. The normalized spacial score (nSPS) is 20.8. The van der Waals surface area contributed by atoms with Gasteiger partial charge in [0, 0.05) is 103 Å². The van der Waals surface area contributed by atoms with Crippen LogP contribution in [0.5, 0.6) is 23.0 Å². The fraction of sp³-hybridized carbons (Fsp3) is 0.588. The van der Waals surface area contributed by atoms with Crippen molar-refractivity contribution < 1.29 is 101 Å². The maximum atomic E-state index is 12.6. The van der Waals surface area contributed by atoms with E-state index in [1.54, 1.807) is 32.9 Å². The third-order valence-corrected chi connectivity index (χ3v) is 30.3. The van der Waals surface area contributed by atoms with E-state index in [2.05, 4.69) is 13.7 Å². The van der Waals surface area contributed by atoms with Crippen molar-refractivity contribution in [3.63, 3.8) is 0 Å². The predicted octanol–water partition coefficient (Wildman–Crippen LogP) is 21.4. The van der Waals surface area contributed by atoms with Crippen LogP contribution < -0.4 is 18.9 Å². The summed E-state index contributed by atoms with van der Waals surface area (Å²) in [6.45, 7) is 15.8. The van der Waals surface area contributed by atoms with Gasteiger partial charge in [-0.2, -0.15) is 8.75 Å². The molecule has 736 valence electrons. The molecule has 0 saturated heterocycles. The molecule has 0 unspecified atom stereocenters. The fourth-order valence-corrected chi connectivity index (χ4v) is 21.5. The highest BCUT2D eigenvalue weighted by Crippen LogP contribution is 2.41. The lowest BCUT2D eigenvalue weighted by Crippen LogP contribution is -2.35. The van der Waals surface area contributed by atoms with Crippen molar-refractivity contribution in [2.24, 2.45) is 23.7 Å². The Morgan fingerprint density at radius 3 is 1.04 bits per heavy atom. The largest absolute Gasteiger partial charge is 0.489 e. The first-order valence-corrected chi connectivity index (χ1v) is 50.1. The molecule has 34 heteroatoms. The first kappa shape index (κ1) is 102. The van der Waals surface area contributed by atoms with Gasteiger partial charge in [0.05, 0.1) is 104 Å². The van der Waals surface area contributed by atoms with Gasteiger partial charge in [-0.1, -0.05) is 51.4 Å². The van der Waals surface area contributed by atoms with Gasteiger partial charge in [-0.05, 0) is 281 Å². The summed E-state index contributed by atoms with van der Waals surface area (Å²) in [5.74, 6) is -1.01. The second-order valence-corrected chi connectivity index (χ2v) is 39.7. The zero-order chi connectivity index (χ0) is 97.0. The molecule has 0 aromatic carbocycles. The Hall–Kier alpha value is -11.4. The van der Waals surface area contributed by atoms with Gasteiger partial charge in [-0.15, -0.1) is 0 Å². The Balaban J connectivity index is 0.000000153. The number of carbonyl (C=O) groups is 8. The van der Waals surface area contributed by atoms with Gasteiger partial charge in [0.1, 0.15) is 67.1 Å². The zero-order valence-corrected chi connectivity index (χ0v) is 82.3. The molecule has 8 heterocycles. The van der Waals surface area contributed by atoms with Crippen molar-refractivity contribution in [3.8, 4) is 67.5 Å². The number of amides is 4. The number of hydrogen-bond acceptors (Lipinski definition) is 25. The molecule has 16 rings (SSSR count). The second-order valence-electron chi connectivity index (χ2n) is 37.9. The van der Waals surface area contributed by atoms with Crippen LogP contribution in [0.25, 0.3) is 44.5 Å². The van der Waals surface area contributed by atoms with Crippen molar-refractivity contribution in [1.82, 2.24) is 53.3 Å². The average Bonchev–Trinajstić information content (AvgIpc) is 1.63. The number of aromatic amines is 1. The van der Waals surface area contributed by atoms with Gasteiger partial charge in [0.25, 0.3) is 0 Å². The Morgan fingerprint density at radius 1 is 0.360 bits per heavy atom. The number of carboxylic acids is 4. The van der Waals surface area contributed by atoms with Gasteiger partial charge in [0.2, 0.25) is 0 Å². The van der Waals surface area contributed by atoms with Crippen molar-refractivity contribution in [2.45, 2.75) is 336 Å². The van der Waals surface area contributed by atoms with Crippen LogP contribution in [-0.2, 0) is 64.6 Å². The molecule has 0 bridgehead atoms. The van der Waals surface area contributed by atoms with Crippen molar-refractivity contribution >= 4 is 71.3 Å². The van der Waals surface area contributed by atoms with Crippen molar-refractivity contribution in [2.75, 3.05) is 28.2 Å². The van der Waals surface area contributed by atoms with Gasteiger partial charge in [-0.3, -0.25) is 19.2 Å². The molecule has 4 amide bonds. The van der Waals surface area contributed by atoms with E-state index in [-0.39, 0.29) is 123 Å². The average molecular weight is 1920 g/mol. The van der Waals surface area contributed by atoms with E-state index in [1.807, 2.05) is 131 Å². The Bertz CT molecular complexity index is 4780. The molecule has 8 fully saturated rings. The molecule has 8 aromatic heterocycles. The molecule has 136 heavy (non-hydrogen) atoms. The summed E-state index contributed by atoms with van der Waals surface area (Å²) in [7, 11) is 7.24. The van der Waals surface area contributed by atoms with Gasteiger partial charge < -0.3 is 87.3 Å². The van der Waals surface area contributed by atoms with Crippen LogP contribution in [0.1, 0.15) is 273 Å². The highest BCUT2D eigenvalue weighted by molar-refractivity contribution is 7.09. The monoisotopic (exact) mass is 1910 g/mol. The van der Waals surface area contributed by atoms with Gasteiger partial charge >= 0.3 is 48.3 Å². The summed E-state index contributed by atoms with van der Waals surface area (Å²) >= 11 is 2.72. The highest BCUT2D eigenvalue weighted by atomic mass is 32.1. The topological polar surface area (TPSA) is 411 Å². The molecule has 0 spiro atoms. The number of aromatic nitrogens is 7. The molecule has 0 radical (unpaired) electrons. The number of rotatable bonds is 28. The maximum Gasteiger partial charge on any atom is 0.410 e. The standard InChI is InChI=1S/C26H35N3O5.C26H34N2O6.2C25H33N3O5S/c1-16-22(15-33-26(32)29(3)19-8-4-5-9-19)21(14-27-16)23-11-12-24(17(2)28-23)34-20-10-6-7-18(13-20)25(30)31;1-16-24(34-20-10-6-7-18(13-20)25(29)30)12-11-23(27-16)22-15-32-17(2)21(22)14-33-26(31)28(3)19-8-4-5-9-19;1-15-22(33-19-10-6-7-17(13-19)24(29)30)12-11-21(26-15)23-20(16(2)34-27-23)14-32-25(31)28(3)18-8-4-5-9-18;1-15-20(14-32-25(31)28(3)18-8-4-5-9-18)23(34-27-15)21-11-12-22(16(2)26-21)33-19-10-6-7-17(13-19)24(29)30/h11-12,14,18-20,27H,4-10,13,15H2,1-3H3,(H,30,31);11-12,15,18-20H,4-10,13-14H2,1-3H3,(H,29,30);2*11-12,17-19H,4-10,13-14H2,1-3H3,(H,29,30)/t2*18-,20-;2*17-,19-/m0000/s1.